The average Bonchev–Trinajstić information content (AvgIpc) is 2.35. The second kappa shape index (κ2) is 3.77. The van der Waals surface area contributed by atoms with Gasteiger partial charge in [-0.05, 0) is 62.1 Å². The minimum Gasteiger partial charge on any atom is -0.254 e. The fourth-order valence-corrected chi connectivity index (χ4v) is 2.80. The van der Waals surface area contributed by atoms with E-state index in [1.807, 2.05) is 12.4 Å². The minimum atomic E-state index is 1.02. The molecule has 0 aliphatic heterocycles. The fourth-order valence-electron chi connectivity index (χ4n) is 2.80. The van der Waals surface area contributed by atoms with Gasteiger partial charge in [0, 0.05) is 23.2 Å². The first-order valence-electron chi connectivity index (χ1n) is 6.21. The second-order valence-corrected chi connectivity index (χ2v) is 4.95. The molecular formula is C16H16N2. The van der Waals surface area contributed by atoms with Crippen molar-refractivity contribution in [3.05, 3.63) is 46.8 Å². The van der Waals surface area contributed by atoms with Gasteiger partial charge in [-0.1, -0.05) is 0 Å². The van der Waals surface area contributed by atoms with Gasteiger partial charge in [-0.15, -0.1) is 0 Å². The number of rotatable bonds is 0. The molecule has 0 spiro atoms. The number of benzene rings is 1. The third-order valence-corrected chi connectivity index (χ3v) is 3.86. The molecule has 0 bridgehead atoms. The van der Waals surface area contributed by atoms with Crippen LogP contribution in [-0.2, 0) is 0 Å². The van der Waals surface area contributed by atoms with E-state index in [0.29, 0.717) is 0 Å². The van der Waals surface area contributed by atoms with Gasteiger partial charge in [-0.25, -0.2) is 0 Å². The highest BCUT2D eigenvalue weighted by Gasteiger charge is 2.13. The van der Waals surface area contributed by atoms with E-state index in [2.05, 4.69) is 49.8 Å². The zero-order chi connectivity index (χ0) is 12.9. The normalized spacial score (nSPS) is 11.3. The SMILES string of the molecule is Cc1ccnc2c1c(C)c(C)c1c(C)ccnc12. The molecule has 0 radical (unpaired) electrons. The molecule has 0 saturated carbocycles. The lowest BCUT2D eigenvalue weighted by Gasteiger charge is -2.13. The number of nitrogens with zero attached hydrogens (tertiary/aromatic N) is 2. The Kier molecular flexibility index (Phi) is 2.34. The molecule has 0 aliphatic rings. The highest BCUT2D eigenvalue weighted by Crippen LogP contribution is 2.32. The molecule has 0 atom stereocenters. The van der Waals surface area contributed by atoms with Gasteiger partial charge < -0.3 is 0 Å². The molecule has 1 aromatic carbocycles. The van der Waals surface area contributed by atoms with E-state index >= 15 is 0 Å². The Morgan fingerprint density at radius 2 is 1.06 bits per heavy atom. The summed E-state index contributed by atoms with van der Waals surface area (Å²) in [5.74, 6) is 0. The van der Waals surface area contributed by atoms with Gasteiger partial charge in [0.1, 0.15) is 0 Å². The van der Waals surface area contributed by atoms with E-state index in [9.17, 15) is 0 Å². The standard InChI is InChI=1S/C16H16N2/c1-9-5-7-17-15-13(9)11(3)12(4)14-10(2)6-8-18-16(14)15/h5-8H,1-4H3. The quantitative estimate of drug-likeness (QED) is 0.551. The largest absolute Gasteiger partial charge is 0.254 e. The summed E-state index contributed by atoms with van der Waals surface area (Å²) in [4.78, 5) is 9.10. The van der Waals surface area contributed by atoms with Gasteiger partial charge in [-0.2, -0.15) is 0 Å². The maximum atomic E-state index is 4.55. The van der Waals surface area contributed by atoms with Crippen molar-refractivity contribution < 1.29 is 0 Å². The number of aryl methyl sites for hydroxylation is 4. The molecule has 0 amide bonds. The highest BCUT2D eigenvalue weighted by molar-refractivity contribution is 6.08. The van der Waals surface area contributed by atoms with Crippen LogP contribution in [0.5, 0.6) is 0 Å². The van der Waals surface area contributed by atoms with Crippen LogP contribution >= 0.6 is 0 Å². The summed E-state index contributed by atoms with van der Waals surface area (Å²) in [6.45, 7) is 8.63. The van der Waals surface area contributed by atoms with E-state index in [4.69, 9.17) is 0 Å². The predicted octanol–water partition coefficient (Wildman–Crippen LogP) is 4.02. The van der Waals surface area contributed by atoms with Crippen molar-refractivity contribution in [2.45, 2.75) is 27.7 Å². The number of fused-ring (bicyclic) bond motifs is 3. The lowest BCUT2D eigenvalue weighted by molar-refractivity contribution is 1.29. The molecule has 3 aromatic rings. The lowest BCUT2D eigenvalue weighted by atomic mass is 9.94. The molecule has 0 aliphatic carbocycles. The molecule has 90 valence electrons. The number of pyridine rings is 2. The Morgan fingerprint density at radius 1 is 0.667 bits per heavy atom. The molecule has 2 aromatic heterocycles. The summed E-state index contributed by atoms with van der Waals surface area (Å²) in [7, 11) is 0. The van der Waals surface area contributed by atoms with E-state index in [0.717, 1.165) is 11.0 Å². The van der Waals surface area contributed by atoms with Crippen LogP contribution in [0.15, 0.2) is 24.5 Å². The smallest absolute Gasteiger partial charge is 0.0970 e. The Bertz CT molecular complexity index is 706. The summed E-state index contributed by atoms with van der Waals surface area (Å²) in [6.07, 6.45) is 3.74. The number of aromatic nitrogens is 2. The maximum absolute atomic E-state index is 4.55. The summed E-state index contributed by atoms with van der Waals surface area (Å²) >= 11 is 0. The Morgan fingerprint density at radius 3 is 1.44 bits per heavy atom. The van der Waals surface area contributed by atoms with E-state index in [-0.39, 0.29) is 0 Å². The van der Waals surface area contributed by atoms with E-state index in [1.165, 1.54) is 33.0 Å². The molecule has 18 heavy (non-hydrogen) atoms. The van der Waals surface area contributed by atoms with Gasteiger partial charge in [0.2, 0.25) is 0 Å². The van der Waals surface area contributed by atoms with Crippen molar-refractivity contribution in [1.82, 2.24) is 9.97 Å². The zero-order valence-corrected chi connectivity index (χ0v) is 11.2. The van der Waals surface area contributed by atoms with Crippen LogP contribution in [-0.4, -0.2) is 9.97 Å². The minimum absolute atomic E-state index is 1.02. The molecule has 2 nitrogen and oxygen atoms in total. The van der Waals surface area contributed by atoms with Gasteiger partial charge in [-0.3, -0.25) is 9.97 Å². The van der Waals surface area contributed by atoms with Crippen LogP contribution in [0.3, 0.4) is 0 Å². The van der Waals surface area contributed by atoms with Gasteiger partial charge >= 0.3 is 0 Å². The van der Waals surface area contributed by atoms with Crippen molar-refractivity contribution in [1.29, 1.82) is 0 Å². The third-order valence-electron chi connectivity index (χ3n) is 3.86. The summed E-state index contributed by atoms with van der Waals surface area (Å²) in [5, 5.41) is 2.50. The molecule has 0 unspecified atom stereocenters. The molecule has 0 fully saturated rings. The van der Waals surface area contributed by atoms with Crippen LogP contribution in [0.1, 0.15) is 22.3 Å². The van der Waals surface area contributed by atoms with Gasteiger partial charge in [0.05, 0.1) is 11.0 Å². The zero-order valence-electron chi connectivity index (χ0n) is 11.2. The van der Waals surface area contributed by atoms with Crippen LogP contribution in [0, 0.1) is 27.7 Å². The average molecular weight is 236 g/mol. The van der Waals surface area contributed by atoms with E-state index in [1.54, 1.807) is 0 Å². The number of hydrogen-bond donors (Lipinski definition) is 0. The van der Waals surface area contributed by atoms with Crippen LogP contribution in [0.4, 0.5) is 0 Å². The van der Waals surface area contributed by atoms with Gasteiger partial charge in [0.25, 0.3) is 0 Å². The molecule has 3 rings (SSSR count). The first-order chi connectivity index (χ1) is 8.61. The fraction of sp³-hybridized carbons (Fsp3) is 0.250. The van der Waals surface area contributed by atoms with Crippen molar-refractivity contribution in [3.8, 4) is 0 Å². The first kappa shape index (κ1) is 11.1. The second-order valence-electron chi connectivity index (χ2n) is 4.95. The maximum Gasteiger partial charge on any atom is 0.0970 e. The molecule has 0 N–H and O–H groups in total. The molecule has 2 heterocycles. The molecular weight excluding hydrogens is 220 g/mol. The van der Waals surface area contributed by atoms with E-state index < -0.39 is 0 Å². The van der Waals surface area contributed by atoms with Crippen molar-refractivity contribution in [3.63, 3.8) is 0 Å². The topological polar surface area (TPSA) is 25.8 Å². The van der Waals surface area contributed by atoms with Crippen LogP contribution in [0.25, 0.3) is 21.8 Å². The first-order valence-corrected chi connectivity index (χ1v) is 6.21. The van der Waals surface area contributed by atoms with Crippen LogP contribution in [0.2, 0.25) is 0 Å². The monoisotopic (exact) mass is 236 g/mol. The lowest BCUT2D eigenvalue weighted by Crippen LogP contribution is -1.96. The Balaban J connectivity index is 2.72. The van der Waals surface area contributed by atoms with Gasteiger partial charge in [0.15, 0.2) is 0 Å². The molecule has 0 saturated heterocycles. The summed E-state index contributed by atoms with van der Waals surface area (Å²) < 4.78 is 0. The van der Waals surface area contributed by atoms with Crippen molar-refractivity contribution in [2.24, 2.45) is 0 Å². The summed E-state index contributed by atoms with van der Waals surface area (Å²) in [5.41, 5.74) is 7.23. The van der Waals surface area contributed by atoms with Crippen molar-refractivity contribution in [2.75, 3.05) is 0 Å². The number of hydrogen-bond acceptors (Lipinski definition) is 2. The third kappa shape index (κ3) is 1.35. The summed E-state index contributed by atoms with van der Waals surface area (Å²) in [6, 6.07) is 4.13. The molecule has 2 heteroatoms. The van der Waals surface area contributed by atoms with Crippen LogP contribution < -0.4 is 0 Å². The predicted molar refractivity (Wildman–Crippen MR) is 76.0 cm³/mol. The highest BCUT2D eigenvalue weighted by atomic mass is 14.7. The van der Waals surface area contributed by atoms with Crippen molar-refractivity contribution >= 4 is 21.8 Å². The Labute approximate surface area is 107 Å². The Hall–Kier alpha value is -1.96.